The molecule has 2 aliphatic heterocycles. The molecule has 2 saturated heterocycles. The number of hydrogen-bond donors (Lipinski definition) is 1. The van der Waals surface area contributed by atoms with Crippen LogP contribution in [0.15, 0.2) is 24.3 Å². The summed E-state index contributed by atoms with van der Waals surface area (Å²) in [4.78, 5) is 15.0. The lowest BCUT2D eigenvalue weighted by Gasteiger charge is -2.36. The van der Waals surface area contributed by atoms with Crippen LogP contribution in [0.3, 0.4) is 0 Å². The summed E-state index contributed by atoms with van der Waals surface area (Å²) in [5.74, 6) is 1.01. The summed E-state index contributed by atoms with van der Waals surface area (Å²) >= 11 is 0. The molecule has 3 rings (SSSR count). The van der Waals surface area contributed by atoms with Crippen molar-refractivity contribution in [1.82, 2.24) is 10.2 Å². The highest BCUT2D eigenvalue weighted by Crippen LogP contribution is 2.35. The number of rotatable bonds is 3. The summed E-state index contributed by atoms with van der Waals surface area (Å²) in [5.41, 5.74) is 2.82. The van der Waals surface area contributed by atoms with Crippen LogP contribution in [-0.4, -0.2) is 30.4 Å². The molecule has 3 nitrogen and oxygen atoms in total. The maximum Gasteiger partial charge on any atom is 0.226 e. The smallest absolute Gasteiger partial charge is 0.226 e. The van der Waals surface area contributed by atoms with Crippen LogP contribution < -0.4 is 5.32 Å². The first-order valence-electron chi connectivity index (χ1n) is 8.99. The summed E-state index contributed by atoms with van der Waals surface area (Å²) in [6.45, 7) is 11.7. The third-order valence-electron chi connectivity index (χ3n) is 5.61. The highest BCUT2D eigenvalue weighted by Gasteiger charge is 2.36. The van der Waals surface area contributed by atoms with Gasteiger partial charge in [-0.05, 0) is 48.4 Å². The van der Waals surface area contributed by atoms with Crippen molar-refractivity contribution in [2.45, 2.75) is 52.0 Å². The van der Waals surface area contributed by atoms with Gasteiger partial charge >= 0.3 is 0 Å². The van der Waals surface area contributed by atoms with Gasteiger partial charge in [0.2, 0.25) is 5.91 Å². The van der Waals surface area contributed by atoms with Gasteiger partial charge in [-0.3, -0.25) is 4.79 Å². The van der Waals surface area contributed by atoms with E-state index in [1.165, 1.54) is 11.1 Å². The summed E-state index contributed by atoms with van der Waals surface area (Å²) in [6.07, 6.45) is 2.21. The van der Waals surface area contributed by atoms with E-state index < -0.39 is 0 Å². The summed E-state index contributed by atoms with van der Waals surface area (Å²) in [7, 11) is 0. The number of nitrogens with zero attached hydrogens (tertiary/aromatic N) is 1. The summed E-state index contributed by atoms with van der Waals surface area (Å²) < 4.78 is 0. The first-order valence-corrected chi connectivity index (χ1v) is 8.99. The van der Waals surface area contributed by atoms with E-state index in [1.54, 1.807) is 0 Å². The van der Waals surface area contributed by atoms with Crippen molar-refractivity contribution in [3.8, 4) is 0 Å². The molecule has 2 aliphatic rings. The molecule has 0 radical (unpaired) electrons. The van der Waals surface area contributed by atoms with E-state index in [9.17, 15) is 4.79 Å². The van der Waals surface area contributed by atoms with E-state index in [-0.39, 0.29) is 29.8 Å². The van der Waals surface area contributed by atoms with Crippen molar-refractivity contribution < 1.29 is 4.79 Å². The molecule has 1 aromatic rings. The van der Waals surface area contributed by atoms with E-state index in [0.29, 0.717) is 11.8 Å². The fourth-order valence-electron chi connectivity index (χ4n) is 3.71. The zero-order valence-corrected chi connectivity index (χ0v) is 16.2. The maximum atomic E-state index is 12.9. The van der Waals surface area contributed by atoms with Crippen LogP contribution in [0, 0.1) is 11.8 Å². The number of carbonyl (C=O) groups is 1. The monoisotopic (exact) mass is 350 g/mol. The van der Waals surface area contributed by atoms with Crippen molar-refractivity contribution >= 4 is 18.3 Å². The second-order valence-electron chi connectivity index (χ2n) is 8.27. The molecule has 0 spiro atoms. The largest absolute Gasteiger partial charge is 0.335 e. The van der Waals surface area contributed by atoms with Gasteiger partial charge in [-0.25, -0.2) is 0 Å². The highest BCUT2D eigenvalue weighted by atomic mass is 35.5. The van der Waals surface area contributed by atoms with Crippen LogP contribution in [0.1, 0.15) is 57.7 Å². The third kappa shape index (κ3) is 3.78. The van der Waals surface area contributed by atoms with Gasteiger partial charge < -0.3 is 10.2 Å². The molecule has 4 heteroatoms. The number of likely N-dealkylation sites (tertiary alicyclic amines) is 1. The lowest BCUT2D eigenvalue weighted by molar-refractivity contribution is -0.138. The van der Waals surface area contributed by atoms with Crippen LogP contribution >= 0.6 is 12.4 Å². The minimum absolute atomic E-state index is 0. The molecule has 24 heavy (non-hydrogen) atoms. The average molecular weight is 351 g/mol. The predicted octanol–water partition coefficient (Wildman–Crippen LogP) is 3.92. The van der Waals surface area contributed by atoms with Gasteiger partial charge in [0.25, 0.3) is 0 Å². The van der Waals surface area contributed by atoms with Crippen molar-refractivity contribution in [2.24, 2.45) is 11.8 Å². The van der Waals surface area contributed by atoms with Crippen molar-refractivity contribution in [3.05, 3.63) is 35.4 Å². The molecular formula is C20H31ClN2O. The van der Waals surface area contributed by atoms with Crippen LogP contribution in [0.25, 0.3) is 0 Å². The predicted molar refractivity (Wildman–Crippen MR) is 102 cm³/mol. The van der Waals surface area contributed by atoms with Crippen molar-refractivity contribution in [2.75, 3.05) is 19.6 Å². The molecular weight excluding hydrogens is 320 g/mol. The fraction of sp³-hybridized carbons (Fsp3) is 0.650. The molecule has 2 unspecified atom stereocenters. The molecule has 2 heterocycles. The minimum atomic E-state index is 0. The molecule has 0 saturated carbocycles. The second kappa shape index (κ2) is 7.45. The molecule has 134 valence electrons. The van der Waals surface area contributed by atoms with Crippen LogP contribution in [0.2, 0.25) is 0 Å². The van der Waals surface area contributed by atoms with E-state index in [4.69, 9.17) is 0 Å². The second-order valence-corrected chi connectivity index (χ2v) is 8.27. The number of amides is 1. The average Bonchev–Trinajstić information content (AvgIpc) is 2.93. The molecule has 1 N–H and O–H groups in total. The van der Waals surface area contributed by atoms with Gasteiger partial charge in [0, 0.05) is 12.5 Å². The van der Waals surface area contributed by atoms with Gasteiger partial charge in [-0.2, -0.15) is 0 Å². The number of hydrogen-bond acceptors (Lipinski definition) is 2. The Morgan fingerprint density at radius 1 is 1.21 bits per heavy atom. The Morgan fingerprint density at radius 2 is 1.83 bits per heavy atom. The zero-order valence-electron chi connectivity index (χ0n) is 15.3. The van der Waals surface area contributed by atoms with E-state index >= 15 is 0 Å². The number of carbonyl (C=O) groups excluding carboxylic acids is 1. The standard InChI is InChI=1S/C20H30N2O.ClH/c1-14(16-12-21-13-16)19(23)22-11-5-6-18(22)15-7-9-17(10-8-15)20(2,3)4;/h7-10,14,16,18,21H,5-6,11-13H2,1-4H3;1H. The summed E-state index contributed by atoms with van der Waals surface area (Å²) in [5, 5.41) is 3.28. The Hall–Kier alpha value is -1.06. The molecule has 0 aliphatic carbocycles. The Morgan fingerprint density at radius 3 is 2.33 bits per heavy atom. The molecule has 1 aromatic carbocycles. The highest BCUT2D eigenvalue weighted by molar-refractivity contribution is 5.85. The Balaban J connectivity index is 0.00000208. The molecule has 2 atom stereocenters. The van der Waals surface area contributed by atoms with E-state index in [2.05, 4.69) is 62.2 Å². The summed E-state index contributed by atoms with van der Waals surface area (Å²) in [6, 6.07) is 9.19. The number of nitrogens with one attached hydrogen (secondary N) is 1. The van der Waals surface area contributed by atoms with E-state index in [0.717, 1.165) is 32.5 Å². The van der Waals surface area contributed by atoms with Crippen molar-refractivity contribution in [3.63, 3.8) is 0 Å². The third-order valence-corrected chi connectivity index (χ3v) is 5.61. The Bertz CT molecular complexity index is 560. The quantitative estimate of drug-likeness (QED) is 0.895. The molecule has 1 amide bonds. The maximum absolute atomic E-state index is 12.9. The Labute approximate surface area is 152 Å². The first-order chi connectivity index (χ1) is 10.9. The normalized spacial score (nSPS) is 22.7. The van der Waals surface area contributed by atoms with Crippen LogP contribution in [0.5, 0.6) is 0 Å². The molecule has 2 fully saturated rings. The van der Waals surface area contributed by atoms with Gasteiger partial charge in [0.05, 0.1) is 6.04 Å². The minimum Gasteiger partial charge on any atom is -0.335 e. The lowest BCUT2D eigenvalue weighted by Crippen LogP contribution is -2.50. The van der Waals surface area contributed by atoms with Gasteiger partial charge in [-0.15, -0.1) is 12.4 Å². The molecule has 0 aromatic heterocycles. The van der Waals surface area contributed by atoms with Gasteiger partial charge in [0.15, 0.2) is 0 Å². The van der Waals surface area contributed by atoms with Gasteiger partial charge in [0.1, 0.15) is 0 Å². The lowest BCUT2D eigenvalue weighted by atomic mass is 9.85. The van der Waals surface area contributed by atoms with Gasteiger partial charge in [-0.1, -0.05) is 52.0 Å². The SMILES string of the molecule is CC(C(=O)N1CCCC1c1ccc(C(C)(C)C)cc1)C1CNC1.Cl. The van der Waals surface area contributed by atoms with Crippen LogP contribution in [-0.2, 0) is 10.2 Å². The van der Waals surface area contributed by atoms with Crippen molar-refractivity contribution in [1.29, 1.82) is 0 Å². The zero-order chi connectivity index (χ0) is 16.6. The number of benzene rings is 1. The topological polar surface area (TPSA) is 32.3 Å². The van der Waals surface area contributed by atoms with E-state index in [1.807, 2.05) is 0 Å². The fourth-order valence-corrected chi connectivity index (χ4v) is 3.71. The Kier molecular flexibility index (Phi) is 5.98. The molecule has 0 bridgehead atoms. The first kappa shape index (κ1) is 19.3. The van der Waals surface area contributed by atoms with Crippen LogP contribution in [0.4, 0.5) is 0 Å². The number of halogens is 1.